The molecular weight excluding hydrogens is 229 g/mol. The van der Waals surface area contributed by atoms with Crippen LogP contribution in [0.25, 0.3) is 10.8 Å². The van der Waals surface area contributed by atoms with Crippen LogP contribution in [-0.2, 0) is 5.28 Å². The van der Waals surface area contributed by atoms with Crippen molar-refractivity contribution in [3.63, 3.8) is 0 Å². The van der Waals surface area contributed by atoms with E-state index in [9.17, 15) is 5.21 Å². The average Bonchev–Trinajstić information content (AvgIpc) is 2.70. The first-order chi connectivity index (χ1) is 8.22. The molecule has 0 aromatic heterocycles. The number of fused-ring (bicyclic) bond motifs is 1. The summed E-state index contributed by atoms with van der Waals surface area (Å²) in [6, 6.07) is 14.3. The van der Waals surface area contributed by atoms with E-state index in [1.807, 2.05) is 36.4 Å². The van der Waals surface area contributed by atoms with Gasteiger partial charge in [0.2, 0.25) is 0 Å². The molecule has 3 atom stereocenters. The molecule has 0 amide bonds. The van der Waals surface area contributed by atoms with Gasteiger partial charge in [0, 0.05) is 5.56 Å². The van der Waals surface area contributed by atoms with E-state index < -0.39 is 5.28 Å². The number of rotatable bonds is 1. The second-order valence-corrected chi connectivity index (χ2v) is 5.34. The normalized spacial score (nSPS) is 27.8. The van der Waals surface area contributed by atoms with Crippen molar-refractivity contribution in [2.75, 3.05) is 6.54 Å². The van der Waals surface area contributed by atoms with Crippen LogP contribution in [0, 0.1) is 5.21 Å². The maximum Gasteiger partial charge on any atom is 0.154 e. The van der Waals surface area contributed by atoms with Crippen molar-refractivity contribution in [1.82, 2.24) is 0 Å². The Hall–Kier alpha value is -1.21. The zero-order chi connectivity index (χ0) is 11.9. The third kappa shape index (κ3) is 1.61. The maximum atomic E-state index is 12.1. The molecule has 1 heterocycles. The predicted molar refractivity (Wildman–Crippen MR) is 73.7 cm³/mol. The largest absolute Gasteiger partial charge is 0.633 e. The van der Waals surface area contributed by atoms with E-state index in [0.717, 1.165) is 10.9 Å². The molecule has 86 valence electrons. The highest BCUT2D eigenvalue weighted by Gasteiger charge is 2.35. The van der Waals surface area contributed by atoms with Crippen molar-refractivity contribution in [3.8, 4) is 0 Å². The molecule has 1 aliphatic rings. The van der Waals surface area contributed by atoms with Gasteiger partial charge in [0.15, 0.2) is 5.28 Å². The smallest absolute Gasteiger partial charge is 0.154 e. The molecule has 0 bridgehead atoms. The van der Waals surface area contributed by atoms with Gasteiger partial charge >= 0.3 is 0 Å². The molecule has 2 aromatic carbocycles. The fraction of sp³-hybridized carbons (Fsp3) is 0.143. The van der Waals surface area contributed by atoms with E-state index in [4.69, 9.17) is 0 Å². The molecule has 0 radical (unpaired) electrons. The summed E-state index contributed by atoms with van der Waals surface area (Å²) in [5.41, 5.74) is 1.08. The molecule has 17 heavy (non-hydrogen) atoms. The van der Waals surface area contributed by atoms with E-state index in [0.29, 0.717) is 6.54 Å². The molecule has 1 N–H and O–H groups in total. The SMILES string of the molecule is [O-][NH+]1CC=CC1(P)c1cccc2ccccc12. The van der Waals surface area contributed by atoms with Crippen molar-refractivity contribution in [2.24, 2.45) is 0 Å². The van der Waals surface area contributed by atoms with Gasteiger partial charge in [-0.2, -0.15) is 0 Å². The second-order valence-electron chi connectivity index (χ2n) is 4.43. The lowest BCUT2D eigenvalue weighted by Crippen LogP contribution is -3.11. The molecule has 3 heteroatoms. The zero-order valence-electron chi connectivity index (χ0n) is 9.39. The molecule has 0 aliphatic carbocycles. The first-order valence-electron chi connectivity index (χ1n) is 5.70. The topological polar surface area (TPSA) is 27.5 Å². The number of hydrogen-bond donors (Lipinski definition) is 1. The van der Waals surface area contributed by atoms with Crippen LogP contribution in [0.15, 0.2) is 54.6 Å². The van der Waals surface area contributed by atoms with E-state index in [-0.39, 0.29) is 5.06 Å². The van der Waals surface area contributed by atoms with Gasteiger partial charge in [-0.15, -0.1) is 0 Å². The van der Waals surface area contributed by atoms with Gasteiger partial charge in [-0.3, -0.25) is 0 Å². The van der Waals surface area contributed by atoms with Gasteiger partial charge in [-0.05, 0) is 22.9 Å². The third-order valence-corrected chi connectivity index (χ3v) is 4.21. The summed E-state index contributed by atoms with van der Waals surface area (Å²) in [5, 5.41) is 14.1. The van der Waals surface area contributed by atoms with Gasteiger partial charge < -0.3 is 10.3 Å². The van der Waals surface area contributed by atoms with E-state index in [1.54, 1.807) is 0 Å². The zero-order valence-corrected chi connectivity index (χ0v) is 10.5. The second kappa shape index (κ2) is 3.92. The fourth-order valence-electron chi connectivity index (χ4n) is 2.44. The maximum absolute atomic E-state index is 12.1. The van der Waals surface area contributed by atoms with Gasteiger partial charge in [-0.1, -0.05) is 51.7 Å². The van der Waals surface area contributed by atoms with Crippen molar-refractivity contribution in [1.29, 1.82) is 0 Å². The Labute approximate surface area is 103 Å². The molecule has 0 spiro atoms. The highest BCUT2D eigenvalue weighted by molar-refractivity contribution is 7.18. The van der Waals surface area contributed by atoms with Gasteiger partial charge in [0.1, 0.15) is 0 Å². The Morgan fingerprint density at radius 1 is 1.12 bits per heavy atom. The van der Waals surface area contributed by atoms with Crippen molar-refractivity contribution in [2.45, 2.75) is 5.28 Å². The summed E-state index contributed by atoms with van der Waals surface area (Å²) >= 11 is 0. The quantitative estimate of drug-likeness (QED) is 0.462. The number of hydrogen-bond acceptors (Lipinski definition) is 1. The molecule has 2 aromatic rings. The Bertz CT molecular complexity index is 590. The summed E-state index contributed by atoms with van der Waals surface area (Å²) < 4.78 is 0. The summed E-state index contributed by atoms with van der Waals surface area (Å²) in [7, 11) is 2.72. The Balaban J connectivity index is 2.27. The fourth-order valence-corrected chi connectivity index (χ4v) is 2.95. The third-order valence-electron chi connectivity index (χ3n) is 3.38. The lowest BCUT2D eigenvalue weighted by atomic mass is 9.98. The first-order valence-corrected chi connectivity index (χ1v) is 6.28. The van der Waals surface area contributed by atoms with Gasteiger partial charge in [0.05, 0.1) is 6.54 Å². The van der Waals surface area contributed by atoms with Gasteiger partial charge in [0.25, 0.3) is 0 Å². The van der Waals surface area contributed by atoms with Crippen LogP contribution in [0.3, 0.4) is 0 Å². The first kappa shape index (κ1) is 10.9. The van der Waals surface area contributed by atoms with E-state index in [1.165, 1.54) is 5.39 Å². The van der Waals surface area contributed by atoms with Crippen LogP contribution in [0.4, 0.5) is 0 Å². The van der Waals surface area contributed by atoms with Crippen LogP contribution in [0.1, 0.15) is 5.56 Å². The van der Waals surface area contributed by atoms with Crippen LogP contribution in [-0.4, -0.2) is 6.54 Å². The molecule has 3 unspecified atom stereocenters. The van der Waals surface area contributed by atoms with Crippen LogP contribution >= 0.6 is 9.24 Å². The Kier molecular flexibility index (Phi) is 2.52. The summed E-state index contributed by atoms with van der Waals surface area (Å²) in [6.07, 6.45) is 3.96. The Morgan fingerprint density at radius 3 is 2.65 bits per heavy atom. The van der Waals surface area contributed by atoms with E-state index >= 15 is 0 Å². The Morgan fingerprint density at radius 2 is 1.88 bits per heavy atom. The lowest BCUT2D eigenvalue weighted by Gasteiger charge is -2.35. The highest BCUT2D eigenvalue weighted by Crippen LogP contribution is 2.34. The standard InChI is InChI=1S/C14H14NOP/c16-15-10-4-9-14(15,17)13-8-3-6-11-5-1-2-7-12(11)13/h1-9,15H,10,17H2. The number of hydroxylamine groups is 2. The van der Waals surface area contributed by atoms with E-state index in [2.05, 4.69) is 27.4 Å². The monoisotopic (exact) mass is 243 g/mol. The molecule has 2 nitrogen and oxygen atoms in total. The summed E-state index contributed by atoms with van der Waals surface area (Å²) in [4.78, 5) is 0. The van der Waals surface area contributed by atoms with Crippen LogP contribution in [0.2, 0.25) is 0 Å². The molecule has 0 saturated heterocycles. The minimum absolute atomic E-state index is 0.249. The van der Waals surface area contributed by atoms with Crippen molar-refractivity contribution >= 4 is 20.0 Å². The minimum atomic E-state index is -0.527. The predicted octanol–water partition coefficient (Wildman–Crippen LogP) is 1.82. The minimum Gasteiger partial charge on any atom is -0.633 e. The van der Waals surface area contributed by atoms with Crippen molar-refractivity contribution < 1.29 is 5.06 Å². The number of nitrogens with one attached hydrogen (secondary N) is 1. The highest BCUT2D eigenvalue weighted by atomic mass is 31.0. The van der Waals surface area contributed by atoms with Crippen LogP contribution in [0.5, 0.6) is 0 Å². The number of benzene rings is 2. The summed E-state index contributed by atoms with van der Waals surface area (Å²) in [6.45, 7) is 0.534. The molecule has 1 aliphatic heterocycles. The van der Waals surface area contributed by atoms with Crippen molar-refractivity contribution in [3.05, 3.63) is 65.4 Å². The molecule has 0 fully saturated rings. The van der Waals surface area contributed by atoms with Gasteiger partial charge in [-0.25, -0.2) is 0 Å². The molecule has 3 rings (SSSR count). The number of quaternary nitrogens is 1. The molecule has 0 saturated carbocycles. The van der Waals surface area contributed by atoms with Crippen LogP contribution < -0.4 is 5.06 Å². The lowest BCUT2D eigenvalue weighted by molar-refractivity contribution is -0.874. The molecular formula is C14H14NOP. The summed E-state index contributed by atoms with van der Waals surface area (Å²) in [5.74, 6) is 0. The average molecular weight is 243 g/mol.